The van der Waals surface area contributed by atoms with E-state index in [0.29, 0.717) is 11.1 Å². The maximum Gasteiger partial charge on any atom is 0.509 e. The first-order valence-corrected chi connectivity index (χ1v) is 12.6. The van der Waals surface area contributed by atoms with E-state index in [1.165, 1.54) is 24.5 Å². The van der Waals surface area contributed by atoms with E-state index in [4.69, 9.17) is 0 Å². The lowest BCUT2D eigenvalue weighted by Crippen LogP contribution is -2.34. The Morgan fingerprint density at radius 3 is 2.50 bits per heavy atom. The molecule has 2 N–H and O–H groups in total. The number of piperidine rings is 1. The van der Waals surface area contributed by atoms with Gasteiger partial charge in [-0.1, -0.05) is 25.1 Å². The lowest BCUT2D eigenvalue weighted by molar-refractivity contribution is 0.187. The van der Waals surface area contributed by atoms with E-state index in [2.05, 4.69) is 26.9 Å². The van der Waals surface area contributed by atoms with Crippen molar-refractivity contribution in [1.82, 2.24) is 28.6 Å². The van der Waals surface area contributed by atoms with Crippen molar-refractivity contribution in [2.24, 2.45) is 0 Å². The van der Waals surface area contributed by atoms with E-state index < -0.39 is 17.1 Å². The van der Waals surface area contributed by atoms with Crippen molar-refractivity contribution in [3.8, 4) is 11.1 Å². The molecule has 176 valence electrons. The molecule has 0 unspecified atom stereocenters. The molecule has 4 heterocycles. The van der Waals surface area contributed by atoms with Gasteiger partial charge >= 0.3 is 7.12 Å². The van der Waals surface area contributed by atoms with Crippen molar-refractivity contribution in [2.45, 2.75) is 30.7 Å². The van der Waals surface area contributed by atoms with Crippen molar-refractivity contribution in [3.05, 3.63) is 55.1 Å². The van der Waals surface area contributed by atoms with Gasteiger partial charge in [0.1, 0.15) is 5.52 Å². The predicted molar refractivity (Wildman–Crippen MR) is 128 cm³/mol. The van der Waals surface area contributed by atoms with Gasteiger partial charge in [0, 0.05) is 42.8 Å². The molecule has 0 bridgehead atoms. The van der Waals surface area contributed by atoms with Crippen LogP contribution >= 0.6 is 0 Å². The Balaban J connectivity index is 1.60. The Morgan fingerprint density at radius 1 is 1.09 bits per heavy atom. The maximum atomic E-state index is 13.4. The summed E-state index contributed by atoms with van der Waals surface area (Å²) in [6, 6.07) is 8.34. The Labute approximate surface area is 197 Å². The largest absolute Gasteiger partial charge is 0.509 e. The fraction of sp³-hybridized carbons (Fsp3) is 0.318. The third-order valence-corrected chi connectivity index (χ3v) is 8.00. The number of nitrogens with zero attached hydrogens (tertiary/aromatic N) is 6. The van der Waals surface area contributed by atoms with E-state index in [9.17, 15) is 18.5 Å². The molecule has 0 saturated carbocycles. The number of rotatable bonds is 6. The van der Waals surface area contributed by atoms with Crippen LogP contribution in [-0.4, -0.2) is 73.8 Å². The zero-order valence-electron chi connectivity index (χ0n) is 18.7. The first-order chi connectivity index (χ1) is 16.4. The Kier molecular flexibility index (Phi) is 5.98. The smallest absolute Gasteiger partial charge is 0.422 e. The van der Waals surface area contributed by atoms with Crippen LogP contribution in [0.1, 0.15) is 25.8 Å². The van der Waals surface area contributed by atoms with Crippen molar-refractivity contribution in [3.63, 3.8) is 0 Å². The van der Waals surface area contributed by atoms with Crippen LogP contribution in [-0.2, 0) is 10.0 Å². The Morgan fingerprint density at radius 2 is 1.82 bits per heavy atom. The quantitative estimate of drug-likeness (QED) is 0.390. The highest BCUT2D eigenvalue weighted by atomic mass is 32.2. The predicted octanol–water partition coefficient (Wildman–Crippen LogP) is 0.868. The molecule has 5 rings (SSSR count). The van der Waals surface area contributed by atoms with Gasteiger partial charge in [-0.05, 0) is 31.5 Å². The first-order valence-electron chi connectivity index (χ1n) is 11.2. The van der Waals surface area contributed by atoms with Gasteiger partial charge in [0.15, 0.2) is 5.65 Å². The van der Waals surface area contributed by atoms with Gasteiger partial charge in [-0.2, -0.15) is 5.10 Å². The molecule has 0 spiro atoms. The van der Waals surface area contributed by atoms with E-state index in [0.717, 1.165) is 36.4 Å². The van der Waals surface area contributed by atoms with Crippen LogP contribution in [0.25, 0.3) is 22.3 Å². The van der Waals surface area contributed by atoms with Crippen molar-refractivity contribution >= 4 is 33.9 Å². The van der Waals surface area contributed by atoms with Gasteiger partial charge in [-0.25, -0.2) is 17.4 Å². The molecule has 0 amide bonds. The summed E-state index contributed by atoms with van der Waals surface area (Å²) in [5, 5.41) is 23.8. The van der Waals surface area contributed by atoms with Crippen LogP contribution in [0.5, 0.6) is 0 Å². The molecule has 1 aliphatic rings. The van der Waals surface area contributed by atoms with Crippen LogP contribution < -0.4 is 5.59 Å². The van der Waals surface area contributed by atoms with E-state index in [1.807, 2.05) is 10.9 Å². The fourth-order valence-electron chi connectivity index (χ4n) is 4.38. The molecule has 10 nitrogen and oxygen atoms in total. The molecule has 0 atom stereocenters. The molecule has 34 heavy (non-hydrogen) atoms. The second-order valence-corrected chi connectivity index (χ2v) is 10.2. The molecule has 0 radical (unpaired) electrons. The SMILES string of the molecule is CCN1CCC(n2cc(-c3cn(S(=O)(=O)c4ccccc4)c4ncc(B(O)O)nc34)cn2)CC1. The Hall–Kier alpha value is -3.06. The highest BCUT2D eigenvalue weighted by molar-refractivity contribution is 7.90. The third-order valence-electron chi connectivity index (χ3n) is 6.34. The zero-order valence-corrected chi connectivity index (χ0v) is 19.5. The monoisotopic (exact) mass is 480 g/mol. The van der Waals surface area contributed by atoms with Gasteiger partial charge in [-0.3, -0.25) is 9.67 Å². The average molecular weight is 480 g/mol. The topological polar surface area (TPSA) is 126 Å². The number of hydrogen-bond acceptors (Lipinski definition) is 8. The molecule has 1 aliphatic heterocycles. The lowest BCUT2D eigenvalue weighted by Gasteiger charge is -2.31. The van der Waals surface area contributed by atoms with E-state index in [-0.39, 0.29) is 27.7 Å². The Bertz CT molecular complexity index is 1410. The minimum atomic E-state index is -3.95. The van der Waals surface area contributed by atoms with Crippen molar-refractivity contribution < 1.29 is 18.5 Å². The lowest BCUT2D eigenvalue weighted by atomic mass is 9.87. The summed E-state index contributed by atoms with van der Waals surface area (Å²) in [6.07, 6.45) is 8.19. The number of fused-ring (bicyclic) bond motifs is 1. The molecule has 0 aliphatic carbocycles. The van der Waals surface area contributed by atoms with Gasteiger partial charge in [0.2, 0.25) is 0 Å². The minimum Gasteiger partial charge on any atom is -0.422 e. The highest BCUT2D eigenvalue weighted by Crippen LogP contribution is 2.32. The molecular weight excluding hydrogens is 455 g/mol. The van der Waals surface area contributed by atoms with Gasteiger partial charge < -0.3 is 14.9 Å². The maximum absolute atomic E-state index is 13.4. The van der Waals surface area contributed by atoms with Gasteiger partial charge in [0.05, 0.1) is 22.7 Å². The summed E-state index contributed by atoms with van der Waals surface area (Å²) in [4.78, 5) is 11.1. The summed E-state index contributed by atoms with van der Waals surface area (Å²) < 4.78 is 29.8. The molecule has 3 aromatic heterocycles. The molecular formula is C22H25BN6O4S. The van der Waals surface area contributed by atoms with E-state index >= 15 is 0 Å². The second-order valence-electron chi connectivity index (χ2n) is 8.37. The fourth-order valence-corrected chi connectivity index (χ4v) is 5.71. The van der Waals surface area contributed by atoms with Crippen LogP contribution in [0, 0.1) is 0 Å². The summed E-state index contributed by atoms with van der Waals surface area (Å²) in [5.41, 5.74) is 1.48. The summed E-state index contributed by atoms with van der Waals surface area (Å²) in [7, 11) is -5.78. The zero-order chi connectivity index (χ0) is 23.9. The second kappa shape index (κ2) is 8.95. The summed E-state index contributed by atoms with van der Waals surface area (Å²) >= 11 is 0. The van der Waals surface area contributed by atoms with Crippen LogP contribution in [0.2, 0.25) is 0 Å². The summed E-state index contributed by atoms with van der Waals surface area (Å²) in [5.74, 6) is 0. The summed E-state index contributed by atoms with van der Waals surface area (Å²) in [6.45, 7) is 5.21. The highest BCUT2D eigenvalue weighted by Gasteiger charge is 2.27. The average Bonchev–Trinajstić information content (AvgIpc) is 3.49. The van der Waals surface area contributed by atoms with Crippen molar-refractivity contribution in [1.29, 1.82) is 0 Å². The normalized spacial score (nSPS) is 15.7. The van der Waals surface area contributed by atoms with Gasteiger partial charge in [-0.15, -0.1) is 0 Å². The standard InChI is InChI=1S/C22H25BN6O4S/c1-2-27-10-8-17(9-11-27)28-14-16(12-25-28)19-15-29(34(32,33)18-6-4-3-5-7-18)22-21(19)26-20(13-24-22)23(30)31/h3-7,12-15,17,30-31H,2,8-11H2,1H3. The van der Waals surface area contributed by atoms with Crippen molar-refractivity contribution in [2.75, 3.05) is 19.6 Å². The first kappa shape index (κ1) is 22.7. The van der Waals surface area contributed by atoms with Gasteiger partial charge in [0.25, 0.3) is 10.0 Å². The molecule has 1 aromatic carbocycles. The number of benzene rings is 1. The molecule has 12 heteroatoms. The minimum absolute atomic E-state index is 0.0667. The molecule has 4 aromatic rings. The number of hydrogen-bond donors (Lipinski definition) is 2. The molecule has 1 fully saturated rings. The third kappa shape index (κ3) is 4.02. The van der Waals surface area contributed by atoms with E-state index in [1.54, 1.807) is 24.4 Å². The van der Waals surface area contributed by atoms with Crippen LogP contribution in [0.4, 0.5) is 0 Å². The number of aromatic nitrogens is 5. The molecule has 1 saturated heterocycles. The van der Waals surface area contributed by atoms with Crippen LogP contribution in [0.15, 0.2) is 60.0 Å². The van der Waals surface area contributed by atoms with Crippen LogP contribution in [0.3, 0.4) is 0 Å². The number of likely N-dealkylation sites (tertiary alicyclic amines) is 1.